The summed E-state index contributed by atoms with van der Waals surface area (Å²) < 4.78 is 0. The van der Waals surface area contributed by atoms with Gasteiger partial charge >= 0.3 is 0 Å². The maximum Gasteiger partial charge on any atom is 0.193 e. The molecule has 84 valence electrons. The molecule has 0 atom stereocenters. The Morgan fingerprint density at radius 3 is 2.59 bits per heavy atom. The van der Waals surface area contributed by atoms with Crippen molar-refractivity contribution in [1.29, 1.82) is 0 Å². The summed E-state index contributed by atoms with van der Waals surface area (Å²) in [7, 11) is 0. The largest absolute Gasteiger partial charge is 0.508 e. The minimum absolute atomic E-state index is 0.114. The van der Waals surface area contributed by atoms with Crippen LogP contribution < -0.4 is 0 Å². The summed E-state index contributed by atoms with van der Waals surface area (Å²) in [6, 6.07) is 6.00. The lowest BCUT2D eigenvalue weighted by Crippen LogP contribution is -2.04. The molecule has 0 saturated heterocycles. The van der Waals surface area contributed by atoms with E-state index < -0.39 is 0 Å². The summed E-state index contributed by atoms with van der Waals surface area (Å²) in [5.41, 5.74) is 1.40. The molecule has 1 aromatic rings. The molecule has 0 saturated carbocycles. The fraction of sp³-hybridized carbons (Fsp3) is 0.0714. The van der Waals surface area contributed by atoms with Gasteiger partial charge in [-0.25, -0.2) is 4.79 Å². The van der Waals surface area contributed by atoms with E-state index in [4.69, 9.17) is 5.11 Å². The number of carbonyl (C=O) groups excluding carboxylic acids is 2. The predicted octanol–water partition coefficient (Wildman–Crippen LogP) is 2.22. The van der Waals surface area contributed by atoms with Gasteiger partial charge in [0, 0.05) is 23.1 Å². The molecule has 0 bridgehead atoms. The molecule has 17 heavy (non-hydrogen) atoms. The highest BCUT2D eigenvalue weighted by Gasteiger charge is 2.13. The second-order valence-electron chi connectivity index (χ2n) is 3.71. The molecule has 0 fully saturated rings. The number of phenols is 1. The Morgan fingerprint density at radius 2 is 1.94 bits per heavy atom. The van der Waals surface area contributed by atoms with Gasteiger partial charge in [0.1, 0.15) is 11.7 Å². The third kappa shape index (κ3) is 2.41. The van der Waals surface area contributed by atoms with Crippen LogP contribution in [-0.4, -0.2) is 16.8 Å². The van der Waals surface area contributed by atoms with E-state index in [9.17, 15) is 9.59 Å². The highest BCUT2D eigenvalue weighted by molar-refractivity contribution is 6.11. The van der Waals surface area contributed by atoms with Gasteiger partial charge < -0.3 is 5.11 Å². The standard InChI is InChI=1S/C14H10O3/c15-9-10-2-1-3-12(8-10)14(17)11-4-6-13(16)7-5-11/h1,3-8,16H,2H2. The first-order valence-corrected chi connectivity index (χ1v) is 5.16. The molecule has 0 unspecified atom stereocenters. The molecule has 0 radical (unpaired) electrons. The molecular formula is C14H10O3. The molecule has 1 aromatic carbocycles. The van der Waals surface area contributed by atoms with Crippen LogP contribution in [0.5, 0.6) is 5.75 Å². The number of carbonyl (C=O) groups is 1. The Hall–Kier alpha value is -2.38. The third-order valence-corrected chi connectivity index (χ3v) is 2.49. The zero-order chi connectivity index (χ0) is 12.3. The second kappa shape index (κ2) is 4.64. The van der Waals surface area contributed by atoms with Crippen LogP contribution in [0.2, 0.25) is 0 Å². The van der Waals surface area contributed by atoms with E-state index in [2.05, 4.69) is 0 Å². The van der Waals surface area contributed by atoms with Crippen molar-refractivity contribution < 1.29 is 14.7 Å². The summed E-state index contributed by atoms with van der Waals surface area (Å²) in [5, 5.41) is 9.13. The van der Waals surface area contributed by atoms with Crippen molar-refractivity contribution in [2.45, 2.75) is 6.42 Å². The molecule has 0 spiro atoms. The van der Waals surface area contributed by atoms with Crippen LogP contribution in [0.1, 0.15) is 16.8 Å². The molecule has 0 aromatic heterocycles. The van der Waals surface area contributed by atoms with E-state index in [0.29, 0.717) is 23.1 Å². The van der Waals surface area contributed by atoms with Gasteiger partial charge in [0.25, 0.3) is 0 Å². The van der Waals surface area contributed by atoms with E-state index in [1.807, 2.05) is 0 Å². The number of hydrogen-bond donors (Lipinski definition) is 1. The molecule has 0 heterocycles. The number of hydrogen-bond acceptors (Lipinski definition) is 3. The van der Waals surface area contributed by atoms with E-state index in [1.165, 1.54) is 12.1 Å². The van der Waals surface area contributed by atoms with Crippen LogP contribution in [0.4, 0.5) is 0 Å². The lowest BCUT2D eigenvalue weighted by molar-refractivity contribution is 0.103. The topological polar surface area (TPSA) is 54.4 Å². The van der Waals surface area contributed by atoms with Crippen LogP contribution >= 0.6 is 0 Å². The van der Waals surface area contributed by atoms with Crippen molar-refractivity contribution in [2.75, 3.05) is 0 Å². The average molecular weight is 226 g/mol. The Kier molecular flexibility index (Phi) is 3.03. The summed E-state index contributed by atoms with van der Waals surface area (Å²) in [4.78, 5) is 22.6. The Labute approximate surface area is 98.4 Å². The van der Waals surface area contributed by atoms with E-state index in [-0.39, 0.29) is 11.5 Å². The molecule has 3 heteroatoms. The molecule has 1 aliphatic rings. The van der Waals surface area contributed by atoms with Gasteiger partial charge in [0.05, 0.1) is 0 Å². The number of ketones is 1. The summed E-state index contributed by atoms with van der Waals surface area (Å²) in [5.74, 6) is 1.74. The first kappa shape index (κ1) is 11.1. The normalized spacial score (nSPS) is 14.1. The van der Waals surface area contributed by atoms with Gasteiger partial charge in [-0.1, -0.05) is 12.2 Å². The maximum absolute atomic E-state index is 12.0. The van der Waals surface area contributed by atoms with Crippen molar-refractivity contribution in [1.82, 2.24) is 0 Å². The summed E-state index contributed by atoms with van der Waals surface area (Å²) in [6.07, 6.45) is 5.50. The van der Waals surface area contributed by atoms with Gasteiger partial charge in [-0.05, 0) is 30.3 Å². The summed E-state index contributed by atoms with van der Waals surface area (Å²) in [6.45, 7) is 0. The van der Waals surface area contributed by atoms with Gasteiger partial charge in [0.2, 0.25) is 0 Å². The molecule has 0 aliphatic heterocycles. The smallest absolute Gasteiger partial charge is 0.193 e. The molecule has 3 nitrogen and oxygen atoms in total. The Bertz CT molecular complexity index is 556. The Balaban J connectivity index is 2.32. The van der Waals surface area contributed by atoms with E-state index in [1.54, 1.807) is 36.3 Å². The SMILES string of the molecule is O=C=C1C=C(C(=O)c2ccc(O)cc2)C=CC1. The number of rotatable bonds is 2. The first-order chi connectivity index (χ1) is 8.20. The van der Waals surface area contributed by atoms with Crippen molar-refractivity contribution in [3.05, 3.63) is 59.2 Å². The average Bonchev–Trinajstić information content (AvgIpc) is 2.39. The van der Waals surface area contributed by atoms with Crippen molar-refractivity contribution >= 4 is 11.7 Å². The second-order valence-corrected chi connectivity index (χ2v) is 3.71. The van der Waals surface area contributed by atoms with Crippen LogP contribution in [0.3, 0.4) is 0 Å². The number of benzene rings is 1. The van der Waals surface area contributed by atoms with Gasteiger partial charge in [-0.2, -0.15) is 0 Å². The molecule has 1 aliphatic carbocycles. The van der Waals surface area contributed by atoms with Crippen LogP contribution in [0.25, 0.3) is 0 Å². The number of Topliss-reactive ketones (excluding diaryl/α,β-unsaturated/α-hetero) is 1. The van der Waals surface area contributed by atoms with E-state index in [0.717, 1.165) is 0 Å². The third-order valence-electron chi connectivity index (χ3n) is 2.49. The number of allylic oxidation sites excluding steroid dienone is 5. The fourth-order valence-corrected chi connectivity index (χ4v) is 1.60. The van der Waals surface area contributed by atoms with Crippen LogP contribution in [0.15, 0.2) is 53.6 Å². The van der Waals surface area contributed by atoms with Crippen molar-refractivity contribution in [3.63, 3.8) is 0 Å². The first-order valence-electron chi connectivity index (χ1n) is 5.16. The van der Waals surface area contributed by atoms with Crippen LogP contribution in [0, 0.1) is 0 Å². The Morgan fingerprint density at radius 1 is 1.24 bits per heavy atom. The zero-order valence-corrected chi connectivity index (χ0v) is 9.01. The van der Waals surface area contributed by atoms with Crippen LogP contribution in [-0.2, 0) is 4.79 Å². The quantitative estimate of drug-likeness (QED) is 0.621. The van der Waals surface area contributed by atoms with E-state index >= 15 is 0 Å². The van der Waals surface area contributed by atoms with Crippen molar-refractivity contribution in [2.24, 2.45) is 0 Å². The zero-order valence-electron chi connectivity index (χ0n) is 9.01. The predicted molar refractivity (Wildman–Crippen MR) is 63.5 cm³/mol. The fourth-order valence-electron chi connectivity index (χ4n) is 1.60. The number of phenolic OH excluding ortho intramolecular Hbond substituents is 1. The monoisotopic (exact) mass is 226 g/mol. The van der Waals surface area contributed by atoms with Gasteiger partial charge in [-0.3, -0.25) is 4.79 Å². The highest BCUT2D eigenvalue weighted by atomic mass is 16.3. The maximum atomic E-state index is 12.0. The molecule has 2 rings (SSSR count). The lowest BCUT2D eigenvalue weighted by atomic mass is 9.96. The summed E-state index contributed by atoms with van der Waals surface area (Å²) >= 11 is 0. The molecular weight excluding hydrogens is 216 g/mol. The number of aromatic hydroxyl groups is 1. The highest BCUT2D eigenvalue weighted by Crippen LogP contribution is 2.19. The lowest BCUT2D eigenvalue weighted by Gasteiger charge is -2.06. The van der Waals surface area contributed by atoms with Gasteiger partial charge in [0.15, 0.2) is 5.78 Å². The molecule has 0 amide bonds. The minimum atomic E-state index is -0.172. The van der Waals surface area contributed by atoms with Crippen molar-refractivity contribution in [3.8, 4) is 5.75 Å². The van der Waals surface area contributed by atoms with Gasteiger partial charge in [-0.15, -0.1) is 0 Å². The molecule has 1 N–H and O–H groups in total. The minimum Gasteiger partial charge on any atom is -0.508 e.